The van der Waals surface area contributed by atoms with Gasteiger partial charge < -0.3 is 34.3 Å². The Bertz CT molecular complexity index is 1270. The molecule has 44 heavy (non-hydrogen) atoms. The van der Waals surface area contributed by atoms with E-state index >= 15 is 0 Å². The third kappa shape index (κ3) is 4.47. The van der Waals surface area contributed by atoms with Crippen molar-refractivity contribution in [2.24, 2.45) is 22.7 Å². The van der Waals surface area contributed by atoms with Crippen molar-refractivity contribution in [3.8, 4) is 11.5 Å². The molecule has 4 aliphatic carbocycles. The molecule has 1 saturated heterocycles. The highest BCUT2D eigenvalue weighted by atomic mass is 16.7. The molecule has 1 aromatic rings. The molecule has 8 atom stereocenters. The van der Waals surface area contributed by atoms with Gasteiger partial charge >= 0.3 is 6.16 Å². The van der Waals surface area contributed by atoms with Crippen LogP contribution in [0.3, 0.4) is 0 Å². The molecular formula is C35H53NO8. The molecule has 7 rings (SSSR count). The van der Waals surface area contributed by atoms with E-state index in [-0.39, 0.29) is 41.9 Å². The Hall–Kier alpha value is -1.91. The normalized spacial score (nSPS) is 36.5. The van der Waals surface area contributed by atoms with Gasteiger partial charge in [0, 0.05) is 43.0 Å². The largest absolute Gasteiger partial charge is 0.513 e. The van der Waals surface area contributed by atoms with Crippen LogP contribution in [-0.2, 0) is 14.9 Å². The number of aliphatic hydroxyl groups is 3. The summed E-state index contributed by atoms with van der Waals surface area (Å²) in [6.07, 6.45) is 4.02. The Morgan fingerprint density at radius 2 is 1.91 bits per heavy atom. The van der Waals surface area contributed by atoms with Crippen LogP contribution in [0.2, 0.25) is 0 Å². The van der Waals surface area contributed by atoms with E-state index in [1.165, 1.54) is 12.8 Å². The minimum atomic E-state index is -1.03. The first-order valence-electron chi connectivity index (χ1n) is 16.6. The number of aliphatic hydroxyl groups excluding tert-OH is 2. The number of carbonyl (C=O) groups excluding carboxylic acids is 1. The Morgan fingerprint density at radius 3 is 2.55 bits per heavy atom. The SMILES string of the molecule is CO[C@]12CC[C@@]3(CC1C(C)(O)C(C)(C)C)C(C)N(CC1CC1)CCC31c3c(C)ccc(OC(=O)OCCC(O)CO)c3O[C@H]12. The zero-order valence-electron chi connectivity index (χ0n) is 27.6. The van der Waals surface area contributed by atoms with Crippen molar-refractivity contribution in [3.63, 3.8) is 0 Å². The molecule has 1 aromatic carbocycles. The van der Waals surface area contributed by atoms with Crippen molar-refractivity contribution in [1.29, 1.82) is 0 Å². The van der Waals surface area contributed by atoms with Crippen LogP contribution < -0.4 is 9.47 Å². The number of aryl methyl sites for hydroxylation is 1. The Labute approximate surface area is 262 Å². The van der Waals surface area contributed by atoms with Crippen LogP contribution in [0.1, 0.15) is 90.7 Å². The molecule has 9 heteroatoms. The standard InChI is InChI=1S/C35H53NO8/c1-21-8-11-25(43-30(39)42-17-12-24(38)20-37)28-27(21)34-15-16-36(19-23-9-10-23)22(2)33(34)13-14-35(41-7,29(34)44-28)26(18-33)32(6,40)31(3,4)5/h8,11,22-24,26,29,37-38,40H,9-10,12-20H2,1-7H3/t22?,24?,26?,29-,32?,33-,34?,35-/m1/s1. The maximum Gasteiger partial charge on any atom is 0.513 e. The Morgan fingerprint density at radius 1 is 1.18 bits per heavy atom. The molecule has 2 heterocycles. The minimum Gasteiger partial charge on any atom is -0.482 e. The predicted octanol–water partition coefficient (Wildman–Crippen LogP) is 4.74. The lowest BCUT2D eigenvalue weighted by Gasteiger charge is -2.74. The number of carbonyl (C=O) groups is 1. The van der Waals surface area contributed by atoms with Gasteiger partial charge in [-0.25, -0.2) is 4.79 Å². The van der Waals surface area contributed by atoms with E-state index in [0.29, 0.717) is 11.5 Å². The van der Waals surface area contributed by atoms with Gasteiger partial charge in [-0.3, -0.25) is 4.90 Å². The van der Waals surface area contributed by atoms with Gasteiger partial charge in [-0.1, -0.05) is 26.8 Å². The van der Waals surface area contributed by atoms with Crippen molar-refractivity contribution in [2.75, 3.05) is 33.4 Å². The van der Waals surface area contributed by atoms with Crippen molar-refractivity contribution >= 4 is 6.16 Å². The Kier molecular flexibility index (Phi) is 7.89. The maximum atomic E-state index is 12.8. The first-order valence-corrected chi connectivity index (χ1v) is 16.6. The molecule has 2 aliphatic heterocycles. The quantitative estimate of drug-likeness (QED) is 0.268. The van der Waals surface area contributed by atoms with Crippen LogP contribution in [0.4, 0.5) is 4.79 Å². The van der Waals surface area contributed by atoms with Crippen molar-refractivity contribution in [1.82, 2.24) is 4.90 Å². The summed E-state index contributed by atoms with van der Waals surface area (Å²) in [4.78, 5) is 15.5. The number of likely N-dealkylation sites (tertiary alicyclic amines) is 1. The zero-order chi connectivity index (χ0) is 31.9. The van der Waals surface area contributed by atoms with E-state index < -0.39 is 35.5 Å². The molecule has 0 aromatic heterocycles. The van der Waals surface area contributed by atoms with Crippen LogP contribution in [0.5, 0.6) is 11.5 Å². The summed E-state index contributed by atoms with van der Waals surface area (Å²) < 4.78 is 24.8. The molecule has 2 spiro atoms. The van der Waals surface area contributed by atoms with E-state index in [0.717, 1.165) is 55.8 Å². The summed E-state index contributed by atoms with van der Waals surface area (Å²) >= 11 is 0. The van der Waals surface area contributed by atoms with Gasteiger partial charge in [0.1, 0.15) is 11.7 Å². The molecule has 3 N–H and O–H groups in total. The predicted molar refractivity (Wildman–Crippen MR) is 165 cm³/mol. The highest BCUT2D eigenvalue weighted by molar-refractivity contribution is 5.69. The second kappa shape index (κ2) is 10.8. The van der Waals surface area contributed by atoms with Crippen LogP contribution in [0.25, 0.3) is 0 Å². The highest BCUT2D eigenvalue weighted by Gasteiger charge is 2.81. The Balaban J connectivity index is 1.46. The number of benzene rings is 1. The van der Waals surface area contributed by atoms with E-state index in [4.69, 9.17) is 24.1 Å². The summed E-state index contributed by atoms with van der Waals surface area (Å²) in [7, 11) is 1.78. The smallest absolute Gasteiger partial charge is 0.482 e. The first kappa shape index (κ1) is 32.0. The summed E-state index contributed by atoms with van der Waals surface area (Å²) in [5.41, 5.74) is -0.503. The van der Waals surface area contributed by atoms with E-state index in [2.05, 4.69) is 39.5 Å². The summed E-state index contributed by atoms with van der Waals surface area (Å²) in [5.74, 6) is 1.50. The molecule has 6 aliphatic rings. The molecule has 246 valence electrons. The average Bonchev–Trinajstić information content (AvgIpc) is 3.72. The van der Waals surface area contributed by atoms with Gasteiger partial charge in [-0.2, -0.15) is 0 Å². The van der Waals surface area contributed by atoms with Crippen molar-refractivity contribution in [2.45, 2.75) is 121 Å². The third-order valence-electron chi connectivity index (χ3n) is 12.9. The number of hydrogen-bond donors (Lipinski definition) is 3. The number of rotatable bonds is 9. The summed E-state index contributed by atoms with van der Waals surface area (Å²) in [6, 6.07) is 4.06. The van der Waals surface area contributed by atoms with Gasteiger partial charge in [0.05, 0.1) is 24.9 Å². The number of fused-ring (bicyclic) bond motifs is 3. The fraction of sp³-hybridized carbons (Fsp3) is 0.800. The molecule has 2 bridgehead atoms. The van der Waals surface area contributed by atoms with Gasteiger partial charge in [0.15, 0.2) is 11.5 Å². The highest BCUT2D eigenvalue weighted by Crippen LogP contribution is 2.76. The van der Waals surface area contributed by atoms with E-state index in [9.17, 15) is 15.0 Å². The fourth-order valence-corrected chi connectivity index (χ4v) is 9.78. The average molecular weight is 616 g/mol. The molecule has 0 radical (unpaired) electrons. The van der Waals surface area contributed by atoms with Gasteiger partial charge in [0.25, 0.3) is 0 Å². The van der Waals surface area contributed by atoms with Crippen LogP contribution in [0.15, 0.2) is 12.1 Å². The molecule has 0 amide bonds. The number of nitrogens with zero attached hydrogens (tertiary/aromatic N) is 1. The molecule has 5 fully saturated rings. The second-order valence-corrected chi connectivity index (χ2v) is 15.7. The van der Waals surface area contributed by atoms with Crippen LogP contribution >= 0.6 is 0 Å². The van der Waals surface area contributed by atoms with Gasteiger partial charge in [0.2, 0.25) is 0 Å². The maximum absolute atomic E-state index is 12.8. The van der Waals surface area contributed by atoms with E-state index in [1.54, 1.807) is 13.2 Å². The lowest BCUT2D eigenvalue weighted by Crippen LogP contribution is -2.81. The second-order valence-electron chi connectivity index (χ2n) is 15.7. The number of ether oxygens (including phenoxy) is 4. The summed E-state index contributed by atoms with van der Waals surface area (Å²) in [6.45, 7) is 14.4. The van der Waals surface area contributed by atoms with Crippen LogP contribution in [-0.4, -0.2) is 89.2 Å². The fourth-order valence-electron chi connectivity index (χ4n) is 9.78. The lowest BCUT2D eigenvalue weighted by atomic mass is 9.35. The number of piperidine rings is 1. The van der Waals surface area contributed by atoms with Crippen LogP contribution in [0, 0.1) is 29.6 Å². The monoisotopic (exact) mass is 615 g/mol. The minimum absolute atomic E-state index is 0.0736. The van der Waals surface area contributed by atoms with Gasteiger partial charge in [-0.05, 0) is 94.2 Å². The number of hydrogen-bond acceptors (Lipinski definition) is 9. The zero-order valence-corrected chi connectivity index (χ0v) is 27.6. The van der Waals surface area contributed by atoms with Crippen molar-refractivity contribution in [3.05, 3.63) is 23.3 Å². The summed E-state index contributed by atoms with van der Waals surface area (Å²) in [5, 5.41) is 31.1. The molecule has 4 saturated carbocycles. The van der Waals surface area contributed by atoms with Crippen molar-refractivity contribution < 1.29 is 39.1 Å². The van der Waals surface area contributed by atoms with E-state index in [1.807, 2.05) is 13.0 Å². The first-order chi connectivity index (χ1) is 20.7. The molecule has 5 unspecified atom stereocenters. The lowest BCUT2D eigenvalue weighted by molar-refractivity contribution is -0.309. The third-order valence-corrected chi connectivity index (χ3v) is 12.9. The molecular weight excluding hydrogens is 562 g/mol. The molecule has 9 nitrogen and oxygen atoms in total. The topological polar surface area (TPSA) is 118 Å². The number of methoxy groups -OCH3 is 1. The van der Waals surface area contributed by atoms with Gasteiger partial charge in [-0.15, -0.1) is 0 Å².